The summed E-state index contributed by atoms with van der Waals surface area (Å²) in [4.78, 5) is 38.6. The molecule has 194 valence electrons. The summed E-state index contributed by atoms with van der Waals surface area (Å²) in [7, 11) is 1.37. The third kappa shape index (κ3) is 3.80. The van der Waals surface area contributed by atoms with Crippen molar-refractivity contribution in [2.75, 3.05) is 38.3 Å². The molecular formula is C25H19ClF2N6O4. The Kier molecular flexibility index (Phi) is 5.84. The number of nitrogens with zero attached hydrogens (tertiary/aromatic N) is 6. The number of morpholine rings is 1. The zero-order chi connectivity index (χ0) is 26.6. The van der Waals surface area contributed by atoms with E-state index in [1.807, 2.05) is 4.90 Å². The van der Waals surface area contributed by atoms with Gasteiger partial charge in [0.1, 0.15) is 34.3 Å². The van der Waals surface area contributed by atoms with Gasteiger partial charge in [-0.15, -0.1) is 0 Å². The van der Waals surface area contributed by atoms with Crippen molar-refractivity contribution in [1.82, 2.24) is 23.5 Å². The van der Waals surface area contributed by atoms with Gasteiger partial charge in [0.05, 0.1) is 42.7 Å². The van der Waals surface area contributed by atoms with E-state index in [1.165, 1.54) is 52.7 Å². The summed E-state index contributed by atoms with van der Waals surface area (Å²) in [6.45, 7) is 2.06. The molecule has 0 N–H and O–H groups in total. The van der Waals surface area contributed by atoms with Gasteiger partial charge in [-0.25, -0.2) is 23.1 Å². The molecule has 4 aromatic heterocycles. The minimum absolute atomic E-state index is 0.00150. The molecule has 38 heavy (non-hydrogen) atoms. The van der Waals surface area contributed by atoms with Crippen LogP contribution in [0.5, 0.6) is 5.88 Å². The number of fused-ring (bicyclic) bond motifs is 2. The zero-order valence-corrected chi connectivity index (χ0v) is 20.7. The van der Waals surface area contributed by atoms with Crippen LogP contribution in [-0.4, -0.2) is 56.9 Å². The van der Waals surface area contributed by atoms with E-state index in [1.54, 1.807) is 6.07 Å². The van der Waals surface area contributed by atoms with E-state index in [4.69, 9.17) is 21.1 Å². The van der Waals surface area contributed by atoms with Crippen LogP contribution in [0.25, 0.3) is 28.1 Å². The highest BCUT2D eigenvalue weighted by Gasteiger charge is 2.25. The first-order chi connectivity index (χ1) is 18.4. The molecule has 5 aromatic rings. The lowest BCUT2D eigenvalue weighted by Gasteiger charge is -2.28. The van der Waals surface area contributed by atoms with Crippen LogP contribution in [0.1, 0.15) is 0 Å². The van der Waals surface area contributed by atoms with Crippen molar-refractivity contribution in [1.29, 1.82) is 0 Å². The Morgan fingerprint density at radius 3 is 2.58 bits per heavy atom. The first-order valence-corrected chi connectivity index (χ1v) is 11.9. The largest absolute Gasteiger partial charge is 0.480 e. The first kappa shape index (κ1) is 24.1. The van der Waals surface area contributed by atoms with Gasteiger partial charge in [-0.2, -0.15) is 4.98 Å². The summed E-state index contributed by atoms with van der Waals surface area (Å²) < 4.78 is 42.3. The lowest BCUT2D eigenvalue weighted by Crippen LogP contribution is -2.40. The molecule has 1 saturated heterocycles. The van der Waals surface area contributed by atoms with E-state index in [0.717, 1.165) is 10.6 Å². The summed E-state index contributed by atoms with van der Waals surface area (Å²) in [5.41, 5.74) is -0.917. The Morgan fingerprint density at radius 1 is 1.05 bits per heavy atom. The third-order valence-corrected chi connectivity index (χ3v) is 6.66. The van der Waals surface area contributed by atoms with Crippen molar-refractivity contribution in [3.8, 4) is 17.4 Å². The lowest BCUT2D eigenvalue weighted by atomic mass is 10.2. The molecule has 1 aliphatic heterocycles. The van der Waals surface area contributed by atoms with Crippen LogP contribution in [0.3, 0.4) is 0 Å². The fourth-order valence-electron chi connectivity index (χ4n) is 4.56. The number of imidazole rings is 1. The maximum atomic E-state index is 14.1. The van der Waals surface area contributed by atoms with Gasteiger partial charge in [-0.1, -0.05) is 11.6 Å². The SMILES string of the molecule is COc1nc(N2CCOCC2)cc2c1c(=O)n(-c1cnc3cc(F)ccn13)c(=O)n2-c1ccc(F)c(Cl)c1. The summed E-state index contributed by atoms with van der Waals surface area (Å²) in [6.07, 6.45) is 2.65. The second kappa shape index (κ2) is 9.23. The molecule has 0 unspecified atom stereocenters. The first-order valence-electron chi connectivity index (χ1n) is 11.6. The van der Waals surface area contributed by atoms with Crippen molar-refractivity contribution >= 4 is 34.0 Å². The predicted octanol–water partition coefficient (Wildman–Crippen LogP) is 2.96. The molecule has 13 heteroatoms. The van der Waals surface area contributed by atoms with Crippen molar-refractivity contribution < 1.29 is 18.3 Å². The van der Waals surface area contributed by atoms with Crippen molar-refractivity contribution in [2.24, 2.45) is 0 Å². The van der Waals surface area contributed by atoms with Gasteiger partial charge < -0.3 is 14.4 Å². The number of pyridine rings is 2. The van der Waals surface area contributed by atoms with Crippen LogP contribution >= 0.6 is 11.6 Å². The smallest absolute Gasteiger partial charge is 0.342 e. The molecule has 0 radical (unpaired) electrons. The van der Waals surface area contributed by atoms with Crippen LogP contribution < -0.4 is 20.9 Å². The Morgan fingerprint density at radius 2 is 1.84 bits per heavy atom. The van der Waals surface area contributed by atoms with Crippen LogP contribution in [0.4, 0.5) is 14.6 Å². The van der Waals surface area contributed by atoms with Gasteiger partial charge in [-0.3, -0.25) is 13.8 Å². The Balaban J connectivity index is 1.74. The molecule has 6 rings (SSSR count). The number of halogens is 3. The molecule has 0 bridgehead atoms. The van der Waals surface area contributed by atoms with E-state index in [9.17, 15) is 18.4 Å². The average Bonchev–Trinajstić information content (AvgIpc) is 3.33. The summed E-state index contributed by atoms with van der Waals surface area (Å²) in [6, 6.07) is 7.75. The molecule has 10 nitrogen and oxygen atoms in total. The molecule has 1 aliphatic rings. The molecule has 1 fully saturated rings. The normalized spacial score (nSPS) is 13.9. The van der Waals surface area contributed by atoms with Gasteiger partial charge in [0, 0.05) is 31.4 Å². The van der Waals surface area contributed by atoms with Gasteiger partial charge in [0.15, 0.2) is 0 Å². The van der Waals surface area contributed by atoms with Gasteiger partial charge in [-0.05, 0) is 24.3 Å². The van der Waals surface area contributed by atoms with E-state index >= 15 is 0 Å². The summed E-state index contributed by atoms with van der Waals surface area (Å²) >= 11 is 6.07. The number of hydrogen-bond donors (Lipinski definition) is 0. The second-order valence-corrected chi connectivity index (χ2v) is 8.94. The topological polar surface area (TPSA) is 95.9 Å². The quantitative estimate of drug-likeness (QED) is 0.346. The fraction of sp³-hybridized carbons (Fsp3) is 0.200. The molecule has 5 heterocycles. The lowest BCUT2D eigenvalue weighted by molar-refractivity contribution is 0.122. The van der Waals surface area contributed by atoms with E-state index in [2.05, 4.69) is 9.97 Å². The molecule has 0 atom stereocenters. The van der Waals surface area contributed by atoms with Crippen molar-refractivity contribution in [3.05, 3.63) is 86.3 Å². The zero-order valence-electron chi connectivity index (χ0n) is 19.9. The Labute approximate surface area is 217 Å². The van der Waals surface area contributed by atoms with E-state index in [0.29, 0.717) is 32.1 Å². The number of rotatable bonds is 4. The van der Waals surface area contributed by atoms with Gasteiger partial charge in [0.2, 0.25) is 5.88 Å². The molecule has 0 amide bonds. The summed E-state index contributed by atoms with van der Waals surface area (Å²) in [5, 5.41) is -0.207. The Hall–Kier alpha value is -4.29. The molecule has 0 aliphatic carbocycles. The number of anilines is 1. The Bertz CT molecular complexity index is 1840. The number of ether oxygens (including phenoxy) is 2. The van der Waals surface area contributed by atoms with E-state index < -0.39 is 22.9 Å². The fourth-order valence-corrected chi connectivity index (χ4v) is 4.74. The highest BCUT2D eigenvalue weighted by atomic mass is 35.5. The minimum atomic E-state index is -0.780. The second-order valence-electron chi connectivity index (χ2n) is 8.53. The maximum absolute atomic E-state index is 14.1. The number of aromatic nitrogens is 5. The molecule has 0 saturated carbocycles. The number of hydrogen-bond acceptors (Lipinski definition) is 7. The van der Waals surface area contributed by atoms with Crippen LogP contribution in [-0.2, 0) is 4.74 Å². The van der Waals surface area contributed by atoms with Crippen molar-refractivity contribution in [2.45, 2.75) is 0 Å². The molecular weight excluding hydrogens is 522 g/mol. The molecule has 0 spiro atoms. The third-order valence-electron chi connectivity index (χ3n) is 6.37. The number of benzene rings is 1. The van der Waals surface area contributed by atoms with Crippen molar-refractivity contribution in [3.63, 3.8) is 0 Å². The predicted molar refractivity (Wildman–Crippen MR) is 136 cm³/mol. The number of methoxy groups -OCH3 is 1. The maximum Gasteiger partial charge on any atom is 0.342 e. The average molecular weight is 541 g/mol. The van der Waals surface area contributed by atoms with Crippen LogP contribution in [0.15, 0.2) is 58.4 Å². The molecule has 1 aromatic carbocycles. The highest BCUT2D eigenvalue weighted by molar-refractivity contribution is 6.30. The summed E-state index contributed by atoms with van der Waals surface area (Å²) in [5.74, 6) is -0.664. The van der Waals surface area contributed by atoms with Gasteiger partial charge in [0.25, 0.3) is 5.56 Å². The van der Waals surface area contributed by atoms with Crippen LogP contribution in [0, 0.1) is 11.6 Å². The van der Waals surface area contributed by atoms with Gasteiger partial charge >= 0.3 is 5.69 Å². The highest BCUT2D eigenvalue weighted by Crippen LogP contribution is 2.29. The van der Waals surface area contributed by atoms with E-state index in [-0.39, 0.29) is 39.0 Å². The standard InChI is InChI=1S/C25H19ClF2N6O4/c1-37-23-22-18(12-20(30-23)31-6-8-38-9-7-31)33(15-2-3-17(28)16(26)11-15)25(36)34(24(22)35)21-13-29-19-10-14(27)4-5-32(19)21/h2-5,10-13H,6-9H2,1H3. The van der Waals surface area contributed by atoms with Crippen LogP contribution in [0.2, 0.25) is 5.02 Å². The minimum Gasteiger partial charge on any atom is -0.480 e. The monoisotopic (exact) mass is 540 g/mol.